The summed E-state index contributed by atoms with van der Waals surface area (Å²) in [6, 6.07) is 0. The van der Waals surface area contributed by atoms with Crippen molar-refractivity contribution in [2.75, 3.05) is 6.61 Å². The van der Waals surface area contributed by atoms with Crippen molar-refractivity contribution in [2.24, 2.45) is 75.9 Å². The summed E-state index contributed by atoms with van der Waals surface area (Å²) >= 11 is 0. The lowest BCUT2D eigenvalue weighted by atomic mass is 9.40. The zero-order valence-corrected chi connectivity index (χ0v) is 13.5. The number of fused-ring (bicyclic) bond motifs is 10. The molecule has 0 aromatic carbocycles. The van der Waals surface area contributed by atoms with Crippen molar-refractivity contribution in [3.63, 3.8) is 0 Å². The lowest BCUT2D eigenvalue weighted by Gasteiger charge is -2.73. The molecule has 0 N–H and O–H groups in total. The van der Waals surface area contributed by atoms with Crippen molar-refractivity contribution < 1.29 is 4.74 Å². The summed E-state index contributed by atoms with van der Waals surface area (Å²) < 4.78 is 6.86. The zero-order chi connectivity index (χ0) is 13.8. The fraction of sp³-hybridized carbons (Fsp3) is 1.00. The van der Waals surface area contributed by atoms with Gasteiger partial charge in [0.05, 0.1) is 12.2 Å². The van der Waals surface area contributed by atoms with Crippen LogP contribution in [0.1, 0.15) is 39.0 Å². The SMILES string of the molecule is C[C@@]12[C@@H]3[C@H]4[C@@H]5[C@H]1[C@@H]1CCC[C@@H]1[C@H]5[C@]15CO[C@@]21[C@@H]1CC[C@H]([C@@H]31)[C@@H]45. The second-order valence-corrected chi connectivity index (χ2v) is 11.3. The maximum absolute atomic E-state index is 6.86. The lowest BCUT2D eigenvalue weighted by molar-refractivity contribution is -0.387. The molecule has 1 aliphatic heterocycles. The first-order valence-corrected chi connectivity index (χ1v) is 10.4. The summed E-state index contributed by atoms with van der Waals surface area (Å²) in [6.07, 6.45) is 7.89. The second-order valence-electron chi connectivity index (χ2n) is 11.3. The van der Waals surface area contributed by atoms with E-state index >= 15 is 0 Å². The predicted molar refractivity (Wildman–Crippen MR) is 80.7 cm³/mol. The van der Waals surface area contributed by atoms with Crippen molar-refractivity contribution in [1.82, 2.24) is 0 Å². The average Bonchev–Trinajstić information content (AvgIpc) is 3.18. The molecule has 8 rings (SSSR count). The number of ether oxygens (including phenoxy) is 1. The Morgan fingerprint density at radius 3 is 2.36 bits per heavy atom. The summed E-state index contributed by atoms with van der Waals surface area (Å²) in [7, 11) is 0. The van der Waals surface area contributed by atoms with Gasteiger partial charge in [-0.1, -0.05) is 13.3 Å². The quantitative estimate of drug-likeness (QED) is 0.663. The summed E-state index contributed by atoms with van der Waals surface area (Å²) in [5.41, 5.74) is 1.75. The Morgan fingerprint density at radius 1 is 0.773 bits per heavy atom. The molecule has 7 saturated carbocycles. The van der Waals surface area contributed by atoms with E-state index in [4.69, 9.17) is 4.74 Å². The van der Waals surface area contributed by atoms with Crippen molar-refractivity contribution >= 4 is 0 Å². The van der Waals surface area contributed by atoms with E-state index in [1.54, 1.807) is 32.1 Å². The molecule has 0 unspecified atom stereocenters. The van der Waals surface area contributed by atoms with Gasteiger partial charge in [-0.25, -0.2) is 0 Å². The van der Waals surface area contributed by atoms with E-state index in [-0.39, 0.29) is 0 Å². The van der Waals surface area contributed by atoms with E-state index in [2.05, 4.69) is 6.92 Å². The summed E-state index contributed by atoms with van der Waals surface area (Å²) in [6.45, 7) is 3.99. The van der Waals surface area contributed by atoms with Crippen molar-refractivity contribution in [3.05, 3.63) is 0 Å². The molecule has 14 atom stereocenters. The monoisotopic (exact) mass is 294 g/mol. The fourth-order valence-electron chi connectivity index (χ4n) is 13.5. The van der Waals surface area contributed by atoms with Crippen molar-refractivity contribution in [3.8, 4) is 0 Å². The molecule has 8 aliphatic rings. The highest BCUT2D eigenvalue weighted by molar-refractivity contribution is 5.49. The maximum atomic E-state index is 6.86. The van der Waals surface area contributed by atoms with Crippen LogP contribution in [0.25, 0.3) is 0 Å². The van der Waals surface area contributed by atoms with E-state index in [1.807, 2.05) is 0 Å². The molecular formula is C21H26O. The van der Waals surface area contributed by atoms with Crippen molar-refractivity contribution in [1.29, 1.82) is 0 Å². The lowest BCUT2D eigenvalue weighted by Crippen LogP contribution is -2.79. The molecule has 1 saturated heterocycles. The molecule has 1 heteroatoms. The third kappa shape index (κ3) is 0.553. The highest BCUT2D eigenvalue weighted by Gasteiger charge is 3.02. The van der Waals surface area contributed by atoms with Crippen molar-refractivity contribution in [2.45, 2.75) is 44.6 Å². The van der Waals surface area contributed by atoms with Gasteiger partial charge in [0, 0.05) is 10.8 Å². The van der Waals surface area contributed by atoms with Crippen LogP contribution in [0, 0.1) is 75.9 Å². The Hall–Kier alpha value is -0.0400. The van der Waals surface area contributed by atoms with Crippen LogP contribution in [0.5, 0.6) is 0 Å². The molecule has 0 aromatic heterocycles. The molecule has 8 fully saturated rings. The fourth-order valence-corrected chi connectivity index (χ4v) is 13.5. The summed E-state index contributed by atoms with van der Waals surface area (Å²) in [5.74, 6) is 12.4. The normalized spacial score (nSPS) is 88.0. The Kier molecular flexibility index (Phi) is 1.21. The second kappa shape index (κ2) is 2.49. The average molecular weight is 294 g/mol. The predicted octanol–water partition coefficient (Wildman–Crippen LogP) is 3.59. The molecular weight excluding hydrogens is 268 g/mol. The minimum absolute atomic E-state index is 0.413. The van der Waals surface area contributed by atoms with Gasteiger partial charge in [0.2, 0.25) is 0 Å². The van der Waals surface area contributed by atoms with E-state index in [0.29, 0.717) is 16.4 Å². The standard InChI is InChI=1S/C21H26O/c1-19-15-8-3-2-4-9(8)16-13(15)14-17-10-5-6-11(12(10)18(14)19)21(19)20(16,17)7-22-21/h8-18H,2-7H2,1H3/t8-,9+,10-,11-,12-,13-,14+,15-,16-,17+,18+,19+,20+,21+/m1/s1. The molecule has 22 heavy (non-hydrogen) atoms. The molecule has 0 aromatic rings. The van der Waals surface area contributed by atoms with Crippen LogP contribution in [0.2, 0.25) is 0 Å². The first-order chi connectivity index (χ1) is 10.8. The van der Waals surface area contributed by atoms with Gasteiger partial charge in [-0.2, -0.15) is 0 Å². The van der Waals surface area contributed by atoms with Gasteiger partial charge in [-0.05, 0) is 90.8 Å². The van der Waals surface area contributed by atoms with Crippen LogP contribution in [-0.2, 0) is 4.74 Å². The third-order valence-electron chi connectivity index (χ3n) is 12.4. The van der Waals surface area contributed by atoms with Gasteiger partial charge in [0.25, 0.3) is 0 Å². The maximum Gasteiger partial charge on any atom is 0.0856 e. The molecule has 116 valence electrons. The topological polar surface area (TPSA) is 9.23 Å². The number of hydrogen-bond acceptors (Lipinski definition) is 1. The van der Waals surface area contributed by atoms with E-state index in [0.717, 1.165) is 53.3 Å². The van der Waals surface area contributed by atoms with E-state index in [1.165, 1.54) is 18.4 Å². The number of rotatable bonds is 0. The van der Waals surface area contributed by atoms with E-state index in [9.17, 15) is 0 Å². The third-order valence-corrected chi connectivity index (χ3v) is 12.4. The van der Waals surface area contributed by atoms with Crippen LogP contribution >= 0.6 is 0 Å². The minimum Gasteiger partial charge on any atom is -0.373 e. The van der Waals surface area contributed by atoms with Gasteiger partial charge < -0.3 is 4.74 Å². The molecule has 0 bridgehead atoms. The molecule has 7 aliphatic carbocycles. The first kappa shape index (κ1) is 10.7. The highest BCUT2D eigenvalue weighted by atomic mass is 16.5. The van der Waals surface area contributed by atoms with Crippen LogP contribution < -0.4 is 0 Å². The Labute approximate surface area is 132 Å². The van der Waals surface area contributed by atoms with Gasteiger partial charge >= 0.3 is 0 Å². The Bertz CT molecular complexity index is 683. The highest BCUT2D eigenvalue weighted by Crippen LogP contribution is 3.01. The molecule has 0 radical (unpaired) electrons. The van der Waals surface area contributed by atoms with Gasteiger partial charge in [-0.15, -0.1) is 0 Å². The van der Waals surface area contributed by atoms with Gasteiger partial charge in [0.15, 0.2) is 0 Å². The minimum atomic E-state index is 0.413. The van der Waals surface area contributed by atoms with E-state index < -0.39 is 0 Å². The van der Waals surface area contributed by atoms with Crippen LogP contribution in [0.4, 0.5) is 0 Å². The largest absolute Gasteiger partial charge is 0.373 e. The number of hydrogen-bond donors (Lipinski definition) is 0. The molecule has 2 spiro atoms. The molecule has 1 heterocycles. The summed E-state index contributed by atoms with van der Waals surface area (Å²) in [5, 5.41) is 0. The van der Waals surface area contributed by atoms with Crippen LogP contribution in [-0.4, -0.2) is 12.2 Å². The Balaban J connectivity index is 1.48. The van der Waals surface area contributed by atoms with Crippen LogP contribution in [0.15, 0.2) is 0 Å². The molecule has 1 nitrogen and oxygen atoms in total. The van der Waals surface area contributed by atoms with Gasteiger partial charge in [0.1, 0.15) is 0 Å². The van der Waals surface area contributed by atoms with Crippen LogP contribution in [0.3, 0.4) is 0 Å². The Morgan fingerprint density at radius 2 is 1.55 bits per heavy atom. The smallest absolute Gasteiger partial charge is 0.0856 e. The van der Waals surface area contributed by atoms with Gasteiger partial charge in [-0.3, -0.25) is 0 Å². The summed E-state index contributed by atoms with van der Waals surface area (Å²) in [4.78, 5) is 0. The molecule has 0 amide bonds. The first-order valence-electron chi connectivity index (χ1n) is 10.4. The zero-order valence-electron chi connectivity index (χ0n) is 13.5.